The van der Waals surface area contributed by atoms with Gasteiger partial charge >= 0.3 is 0 Å². The van der Waals surface area contributed by atoms with Crippen LogP contribution in [0.5, 0.6) is 5.88 Å². The molecule has 1 atom stereocenters. The smallest absolute Gasteiger partial charge is 0.269 e. The number of aromatic nitrogens is 3. The average molecular weight is 462 g/mol. The lowest BCUT2D eigenvalue weighted by molar-refractivity contribution is -0.384. The van der Waals surface area contributed by atoms with E-state index in [1.165, 1.54) is 23.9 Å². The average Bonchev–Trinajstić information content (AvgIpc) is 3.27. The topological polar surface area (TPSA) is 116 Å². The first-order chi connectivity index (χ1) is 16.1. The number of para-hydroxylation sites is 1. The zero-order valence-corrected chi connectivity index (χ0v) is 18.4. The Balaban J connectivity index is 1.49. The van der Waals surface area contributed by atoms with Crippen molar-refractivity contribution in [3.05, 3.63) is 76.5 Å². The summed E-state index contributed by atoms with van der Waals surface area (Å²) in [7, 11) is 0. The number of non-ortho nitro benzene ring substituents is 1. The van der Waals surface area contributed by atoms with E-state index in [0.717, 1.165) is 29.0 Å². The Morgan fingerprint density at radius 3 is 2.70 bits per heavy atom. The Labute approximate surface area is 193 Å². The van der Waals surface area contributed by atoms with Gasteiger partial charge in [0.2, 0.25) is 17.3 Å². The zero-order valence-electron chi connectivity index (χ0n) is 17.6. The number of nitro groups is 1. The molecule has 1 aliphatic rings. The number of thioether (sulfide) groups is 1. The summed E-state index contributed by atoms with van der Waals surface area (Å²) >= 11 is 1.53. The fourth-order valence-corrected chi connectivity index (χ4v) is 4.06. The minimum absolute atomic E-state index is 0.0245. The van der Waals surface area contributed by atoms with Crippen molar-refractivity contribution in [2.24, 2.45) is 0 Å². The molecule has 2 aromatic carbocycles. The highest BCUT2D eigenvalue weighted by Crippen LogP contribution is 2.40. The number of nitrogens with one attached hydrogen (secondary N) is 1. The van der Waals surface area contributed by atoms with Crippen molar-refractivity contribution in [1.82, 2.24) is 15.2 Å². The van der Waals surface area contributed by atoms with Crippen LogP contribution < -0.4 is 10.1 Å². The molecule has 1 N–H and O–H groups in total. The summed E-state index contributed by atoms with van der Waals surface area (Å²) in [5.41, 5.74) is 2.97. The van der Waals surface area contributed by atoms with Gasteiger partial charge in [-0.25, -0.2) is 0 Å². The zero-order chi connectivity index (χ0) is 22.8. The SMILES string of the molecule is CCCSc1nnc2c(n1)O[C@@H](c1ccc(-c3ccc([N+](=O)[O-])cc3)o1)Nc1ccccc1-2. The molecule has 2 aromatic heterocycles. The van der Waals surface area contributed by atoms with Gasteiger partial charge in [0.05, 0.1) is 4.92 Å². The Bertz CT molecular complexity index is 1310. The molecule has 0 spiro atoms. The second kappa shape index (κ2) is 8.91. The predicted molar refractivity (Wildman–Crippen MR) is 124 cm³/mol. The third kappa shape index (κ3) is 4.24. The van der Waals surface area contributed by atoms with Gasteiger partial charge < -0.3 is 14.5 Å². The molecule has 0 bridgehead atoms. The van der Waals surface area contributed by atoms with E-state index >= 15 is 0 Å². The molecule has 0 unspecified atom stereocenters. The Hall–Kier alpha value is -3.92. The Morgan fingerprint density at radius 1 is 1.09 bits per heavy atom. The van der Waals surface area contributed by atoms with E-state index in [0.29, 0.717) is 28.3 Å². The molecule has 3 heterocycles. The molecule has 0 fully saturated rings. The molecule has 9 nitrogen and oxygen atoms in total. The third-order valence-electron chi connectivity index (χ3n) is 5.02. The van der Waals surface area contributed by atoms with Gasteiger partial charge in [-0.1, -0.05) is 36.9 Å². The molecule has 10 heteroatoms. The molecule has 0 aliphatic carbocycles. The largest absolute Gasteiger partial charge is 0.455 e. The highest BCUT2D eigenvalue weighted by atomic mass is 32.2. The van der Waals surface area contributed by atoms with E-state index in [2.05, 4.69) is 27.4 Å². The van der Waals surface area contributed by atoms with Crippen molar-refractivity contribution in [2.75, 3.05) is 11.1 Å². The summed E-state index contributed by atoms with van der Waals surface area (Å²) < 4.78 is 12.3. The number of hydrogen-bond acceptors (Lipinski definition) is 9. The number of hydrogen-bond donors (Lipinski definition) is 1. The number of benzene rings is 2. The van der Waals surface area contributed by atoms with Crippen LogP contribution in [-0.2, 0) is 0 Å². The standard InChI is InChI=1S/C23H19N5O4S/c1-2-13-33-23-25-22-20(26-27-23)16-5-3-4-6-17(16)24-21(32-22)19-12-11-18(31-19)14-7-9-15(10-8-14)28(29)30/h3-12,21,24H,2,13H2,1H3/t21-/m0/s1. The number of anilines is 1. The highest BCUT2D eigenvalue weighted by Gasteiger charge is 2.28. The Morgan fingerprint density at radius 2 is 1.91 bits per heavy atom. The van der Waals surface area contributed by atoms with E-state index in [-0.39, 0.29) is 5.69 Å². The fourth-order valence-electron chi connectivity index (χ4n) is 3.43. The van der Waals surface area contributed by atoms with Gasteiger partial charge in [-0.2, -0.15) is 4.98 Å². The van der Waals surface area contributed by atoms with Gasteiger partial charge in [0.15, 0.2) is 11.5 Å². The van der Waals surface area contributed by atoms with Crippen LogP contribution in [0.4, 0.5) is 11.4 Å². The second-order valence-electron chi connectivity index (χ2n) is 7.29. The van der Waals surface area contributed by atoms with Crippen LogP contribution in [0.2, 0.25) is 0 Å². The summed E-state index contributed by atoms with van der Waals surface area (Å²) in [4.78, 5) is 15.1. The fraction of sp³-hybridized carbons (Fsp3) is 0.174. The van der Waals surface area contributed by atoms with Crippen LogP contribution in [-0.4, -0.2) is 25.9 Å². The van der Waals surface area contributed by atoms with Crippen molar-refractivity contribution in [3.63, 3.8) is 0 Å². The summed E-state index contributed by atoms with van der Waals surface area (Å²) in [5, 5.41) is 23.5. The first-order valence-corrected chi connectivity index (χ1v) is 11.4. The van der Waals surface area contributed by atoms with Crippen molar-refractivity contribution in [3.8, 4) is 28.5 Å². The lowest BCUT2D eigenvalue weighted by atomic mass is 10.1. The van der Waals surface area contributed by atoms with Crippen molar-refractivity contribution in [2.45, 2.75) is 24.7 Å². The van der Waals surface area contributed by atoms with Crippen LogP contribution in [0.3, 0.4) is 0 Å². The summed E-state index contributed by atoms with van der Waals surface area (Å²) in [6.07, 6.45) is 0.344. The summed E-state index contributed by atoms with van der Waals surface area (Å²) in [6, 6.07) is 17.5. The summed E-state index contributed by atoms with van der Waals surface area (Å²) in [6.45, 7) is 2.09. The van der Waals surface area contributed by atoms with Gasteiger partial charge in [-0.15, -0.1) is 10.2 Å². The number of furan rings is 1. The monoisotopic (exact) mass is 461 g/mol. The molecule has 4 aromatic rings. The number of fused-ring (bicyclic) bond motifs is 3. The maximum atomic E-state index is 10.9. The van der Waals surface area contributed by atoms with Crippen molar-refractivity contribution >= 4 is 23.1 Å². The van der Waals surface area contributed by atoms with E-state index in [4.69, 9.17) is 9.15 Å². The predicted octanol–water partition coefficient (Wildman–Crippen LogP) is 5.71. The maximum Gasteiger partial charge on any atom is 0.269 e. The molecule has 0 saturated heterocycles. The maximum absolute atomic E-state index is 10.9. The highest BCUT2D eigenvalue weighted by molar-refractivity contribution is 7.99. The first kappa shape index (κ1) is 21.0. The van der Waals surface area contributed by atoms with Crippen molar-refractivity contribution < 1.29 is 14.1 Å². The van der Waals surface area contributed by atoms with E-state index in [9.17, 15) is 10.1 Å². The summed E-state index contributed by atoms with van der Waals surface area (Å²) in [5.74, 6) is 2.37. The molecular weight excluding hydrogens is 442 g/mol. The number of rotatable bonds is 6. The van der Waals surface area contributed by atoms with Crippen LogP contribution >= 0.6 is 11.8 Å². The normalized spacial score (nSPS) is 14.4. The van der Waals surface area contributed by atoms with Crippen LogP contribution in [0.15, 0.2) is 70.2 Å². The Kier molecular flexibility index (Phi) is 5.66. The van der Waals surface area contributed by atoms with Crippen LogP contribution in [0.1, 0.15) is 25.3 Å². The van der Waals surface area contributed by atoms with Gasteiger partial charge in [0.1, 0.15) is 5.76 Å². The number of ether oxygens (including phenoxy) is 1. The molecule has 5 rings (SSSR count). The number of nitro benzene ring substituents is 1. The lowest BCUT2D eigenvalue weighted by Gasteiger charge is -2.16. The van der Waals surface area contributed by atoms with E-state index in [1.54, 1.807) is 18.2 Å². The van der Waals surface area contributed by atoms with Crippen LogP contribution in [0.25, 0.3) is 22.6 Å². The molecule has 0 amide bonds. The van der Waals surface area contributed by atoms with Gasteiger partial charge in [-0.05, 0) is 36.8 Å². The molecule has 0 radical (unpaired) electrons. The number of nitrogens with zero attached hydrogens (tertiary/aromatic N) is 4. The quantitative estimate of drug-likeness (QED) is 0.219. The molecular formula is C23H19N5O4S. The molecule has 0 saturated carbocycles. The molecule has 166 valence electrons. The van der Waals surface area contributed by atoms with E-state index < -0.39 is 11.2 Å². The third-order valence-corrected chi connectivity index (χ3v) is 6.06. The molecule has 33 heavy (non-hydrogen) atoms. The first-order valence-electron chi connectivity index (χ1n) is 10.4. The lowest BCUT2D eigenvalue weighted by Crippen LogP contribution is -2.16. The molecule has 1 aliphatic heterocycles. The van der Waals surface area contributed by atoms with Crippen molar-refractivity contribution in [1.29, 1.82) is 0 Å². The van der Waals surface area contributed by atoms with Crippen LogP contribution in [0, 0.1) is 10.1 Å². The second-order valence-corrected chi connectivity index (χ2v) is 8.35. The minimum Gasteiger partial charge on any atom is -0.455 e. The van der Waals surface area contributed by atoms with Gasteiger partial charge in [0, 0.05) is 34.7 Å². The minimum atomic E-state index is -0.653. The van der Waals surface area contributed by atoms with Gasteiger partial charge in [-0.3, -0.25) is 10.1 Å². The van der Waals surface area contributed by atoms with Gasteiger partial charge in [0.25, 0.3) is 5.69 Å². The van der Waals surface area contributed by atoms with E-state index in [1.807, 2.05) is 30.3 Å².